The quantitative estimate of drug-likeness (QED) is 0.857. The van der Waals surface area contributed by atoms with Gasteiger partial charge in [0.05, 0.1) is 12.8 Å². The molecule has 1 aromatic rings. The fourth-order valence-electron chi connectivity index (χ4n) is 2.25. The van der Waals surface area contributed by atoms with E-state index in [-0.39, 0.29) is 10.6 Å². The summed E-state index contributed by atoms with van der Waals surface area (Å²) in [4.78, 5) is 0.169. The van der Waals surface area contributed by atoms with Crippen molar-refractivity contribution in [2.75, 3.05) is 25.9 Å². The summed E-state index contributed by atoms with van der Waals surface area (Å²) in [5.74, 6) is 1.14. The Hall–Kier alpha value is -1.27. The van der Waals surface area contributed by atoms with Crippen LogP contribution in [0.15, 0.2) is 23.1 Å². The predicted molar refractivity (Wildman–Crippen MR) is 74.6 cm³/mol. The van der Waals surface area contributed by atoms with E-state index < -0.39 is 10.0 Å². The van der Waals surface area contributed by atoms with Crippen molar-refractivity contribution in [3.63, 3.8) is 0 Å². The van der Waals surface area contributed by atoms with Crippen LogP contribution in [0.25, 0.3) is 0 Å². The smallest absolute Gasteiger partial charge is 0.245 e. The van der Waals surface area contributed by atoms with Crippen molar-refractivity contribution >= 4 is 15.7 Å². The Kier molecular flexibility index (Phi) is 4.01. The molecule has 0 unspecified atom stereocenters. The number of nitrogens with zero attached hydrogens (tertiary/aromatic N) is 1. The summed E-state index contributed by atoms with van der Waals surface area (Å²) in [6.07, 6.45) is 1.80. The minimum absolute atomic E-state index is 0.169. The van der Waals surface area contributed by atoms with Gasteiger partial charge in [-0.1, -0.05) is 6.92 Å². The molecule has 106 valence electrons. The van der Waals surface area contributed by atoms with Crippen molar-refractivity contribution in [3.8, 4) is 5.75 Å². The normalized spacial score (nSPS) is 18.4. The average molecular weight is 284 g/mol. The van der Waals surface area contributed by atoms with Crippen LogP contribution in [0.3, 0.4) is 0 Å². The predicted octanol–water partition coefficient (Wildman–Crippen LogP) is 1.70. The summed E-state index contributed by atoms with van der Waals surface area (Å²) in [5.41, 5.74) is 6.07. The lowest BCUT2D eigenvalue weighted by atomic mass is 10.0. The van der Waals surface area contributed by atoms with E-state index in [1.165, 1.54) is 17.5 Å². The topological polar surface area (TPSA) is 72.6 Å². The summed E-state index contributed by atoms with van der Waals surface area (Å²) in [6.45, 7) is 3.27. The summed E-state index contributed by atoms with van der Waals surface area (Å²) in [6, 6.07) is 4.68. The van der Waals surface area contributed by atoms with Crippen LogP contribution in [-0.2, 0) is 10.0 Å². The number of piperidine rings is 1. The van der Waals surface area contributed by atoms with Crippen LogP contribution in [0.4, 0.5) is 5.69 Å². The SMILES string of the molecule is COc1ccc(S(=O)(=O)N2CCC(C)CC2)c(N)c1. The zero-order valence-corrected chi connectivity index (χ0v) is 12.1. The van der Waals surface area contributed by atoms with Gasteiger partial charge >= 0.3 is 0 Å². The minimum atomic E-state index is -3.49. The summed E-state index contributed by atoms with van der Waals surface area (Å²) < 4.78 is 31.6. The average Bonchev–Trinajstić information content (AvgIpc) is 2.38. The van der Waals surface area contributed by atoms with Gasteiger partial charge in [-0.3, -0.25) is 0 Å². The Morgan fingerprint density at radius 3 is 2.47 bits per heavy atom. The van der Waals surface area contributed by atoms with E-state index in [1.807, 2.05) is 0 Å². The molecule has 1 aliphatic heterocycles. The second-order valence-corrected chi connectivity index (χ2v) is 6.90. The molecule has 0 bridgehead atoms. The number of nitrogens with two attached hydrogens (primary N) is 1. The third-order valence-corrected chi connectivity index (χ3v) is 5.55. The summed E-state index contributed by atoms with van der Waals surface area (Å²) in [5, 5.41) is 0. The third-order valence-electron chi connectivity index (χ3n) is 3.58. The number of anilines is 1. The maximum absolute atomic E-state index is 12.5. The maximum atomic E-state index is 12.5. The molecule has 1 aromatic carbocycles. The fraction of sp³-hybridized carbons (Fsp3) is 0.538. The fourth-order valence-corrected chi connectivity index (χ4v) is 3.82. The Morgan fingerprint density at radius 2 is 1.95 bits per heavy atom. The molecule has 1 fully saturated rings. The van der Waals surface area contributed by atoms with Gasteiger partial charge in [-0.2, -0.15) is 4.31 Å². The van der Waals surface area contributed by atoms with E-state index in [9.17, 15) is 8.42 Å². The molecule has 2 rings (SSSR count). The first-order chi connectivity index (χ1) is 8.95. The van der Waals surface area contributed by atoms with E-state index in [1.54, 1.807) is 12.1 Å². The van der Waals surface area contributed by atoms with Gasteiger partial charge in [-0.15, -0.1) is 0 Å². The largest absolute Gasteiger partial charge is 0.497 e. The van der Waals surface area contributed by atoms with Gasteiger partial charge in [-0.25, -0.2) is 8.42 Å². The van der Waals surface area contributed by atoms with Gasteiger partial charge in [0.15, 0.2) is 0 Å². The van der Waals surface area contributed by atoms with Crippen LogP contribution < -0.4 is 10.5 Å². The molecule has 1 saturated heterocycles. The molecule has 0 amide bonds. The third kappa shape index (κ3) is 2.84. The Morgan fingerprint density at radius 1 is 1.32 bits per heavy atom. The maximum Gasteiger partial charge on any atom is 0.245 e. The number of sulfonamides is 1. The first kappa shape index (κ1) is 14.1. The van der Waals surface area contributed by atoms with Crippen LogP contribution in [0, 0.1) is 5.92 Å². The van der Waals surface area contributed by atoms with Gasteiger partial charge in [0.1, 0.15) is 10.6 Å². The van der Waals surface area contributed by atoms with E-state index in [0.29, 0.717) is 24.8 Å². The second kappa shape index (κ2) is 5.38. The Bertz CT molecular complexity index is 549. The first-order valence-electron chi connectivity index (χ1n) is 6.39. The molecule has 0 spiro atoms. The molecule has 6 heteroatoms. The zero-order valence-electron chi connectivity index (χ0n) is 11.3. The zero-order chi connectivity index (χ0) is 14.0. The highest BCUT2D eigenvalue weighted by Crippen LogP contribution is 2.29. The van der Waals surface area contributed by atoms with Crippen molar-refractivity contribution in [2.24, 2.45) is 5.92 Å². The van der Waals surface area contributed by atoms with Crippen LogP contribution in [0.1, 0.15) is 19.8 Å². The van der Waals surface area contributed by atoms with E-state index >= 15 is 0 Å². The molecular formula is C13H20N2O3S. The Balaban J connectivity index is 2.29. The van der Waals surface area contributed by atoms with Crippen LogP contribution in [0.2, 0.25) is 0 Å². The standard InChI is InChI=1S/C13H20N2O3S/c1-10-5-7-15(8-6-10)19(16,17)13-4-3-11(18-2)9-12(13)14/h3-4,9-10H,5-8,14H2,1-2H3. The lowest BCUT2D eigenvalue weighted by molar-refractivity contribution is 0.288. The molecule has 0 saturated carbocycles. The van der Waals surface area contributed by atoms with Gasteiger partial charge in [0.2, 0.25) is 10.0 Å². The van der Waals surface area contributed by atoms with Crippen molar-refractivity contribution in [2.45, 2.75) is 24.7 Å². The van der Waals surface area contributed by atoms with Crippen molar-refractivity contribution in [3.05, 3.63) is 18.2 Å². The lowest BCUT2D eigenvalue weighted by Crippen LogP contribution is -2.38. The van der Waals surface area contributed by atoms with Crippen LogP contribution in [0.5, 0.6) is 5.75 Å². The highest BCUT2D eigenvalue weighted by Gasteiger charge is 2.29. The molecule has 0 aromatic heterocycles. The number of benzene rings is 1. The van der Waals surface area contributed by atoms with Crippen molar-refractivity contribution in [1.82, 2.24) is 4.31 Å². The molecule has 0 atom stereocenters. The highest BCUT2D eigenvalue weighted by molar-refractivity contribution is 7.89. The molecule has 0 aliphatic carbocycles. The summed E-state index contributed by atoms with van der Waals surface area (Å²) >= 11 is 0. The molecule has 19 heavy (non-hydrogen) atoms. The molecule has 0 radical (unpaired) electrons. The van der Waals surface area contributed by atoms with Crippen LogP contribution >= 0.6 is 0 Å². The van der Waals surface area contributed by atoms with E-state index in [4.69, 9.17) is 10.5 Å². The van der Waals surface area contributed by atoms with Crippen molar-refractivity contribution < 1.29 is 13.2 Å². The van der Waals surface area contributed by atoms with Gasteiger partial charge < -0.3 is 10.5 Å². The number of hydrogen-bond donors (Lipinski definition) is 1. The van der Waals surface area contributed by atoms with Gasteiger partial charge in [-0.05, 0) is 30.9 Å². The number of rotatable bonds is 3. The minimum Gasteiger partial charge on any atom is -0.497 e. The molecule has 2 N–H and O–H groups in total. The molecular weight excluding hydrogens is 264 g/mol. The van der Waals surface area contributed by atoms with Gasteiger partial charge in [0, 0.05) is 19.2 Å². The summed E-state index contributed by atoms with van der Waals surface area (Å²) in [7, 11) is -1.97. The number of hydrogen-bond acceptors (Lipinski definition) is 4. The monoisotopic (exact) mass is 284 g/mol. The number of methoxy groups -OCH3 is 1. The molecule has 1 aliphatic rings. The van der Waals surface area contributed by atoms with E-state index in [2.05, 4.69) is 6.92 Å². The molecule has 1 heterocycles. The van der Waals surface area contributed by atoms with Crippen molar-refractivity contribution in [1.29, 1.82) is 0 Å². The van der Waals surface area contributed by atoms with Gasteiger partial charge in [0.25, 0.3) is 0 Å². The Labute approximate surface area is 114 Å². The second-order valence-electron chi connectivity index (χ2n) is 4.99. The van der Waals surface area contributed by atoms with Crippen LogP contribution in [-0.4, -0.2) is 32.9 Å². The first-order valence-corrected chi connectivity index (χ1v) is 7.83. The lowest BCUT2D eigenvalue weighted by Gasteiger charge is -2.29. The van der Waals surface area contributed by atoms with E-state index in [0.717, 1.165) is 12.8 Å². The molecule has 5 nitrogen and oxygen atoms in total. The number of ether oxygens (including phenoxy) is 1. The number of nitrogen functional groups attached to an aromatic ring is 1. The highest BCUT2D eigenvalue weighted by atomic mass is 32.2.